The van der Waals surface area contributed by atoms with E-state index < -0.39 is 5.97 Å². The fourth-order valence-electron chi connectivity index (χ4n) is 1.81. The summed E-state index contributed by atoms with van der Waals surface area (Å²) in [5.41, 5.74) is 1.09. The average molecular weight is 282 g/mol. The van der Waals surface area contributed by atoms with Crippen LogP contribution in [0.25, 0.3) is 10.9 Å². The zero-order chi connectivity index (χ0) is 14.0. The molecule has 0 unspecified atom stereocenters. The quantitative estimate of drug-likeness (QED) is 0.872. The first-order chi connectivity index (χ1) is 9.05. The minimum atomic E-state index is -0.955. The zero-order valence-corrected chi connectivity index (χ0v) is 11.2. The van der Waals surface area contributed by atoms with Gasteiger partial charge in [0.2, 0.25) is 0 Å². The number of hydrogen-bond acceptors (Lipinski definition) is 4. The molecule has 5 nitrogen and oxygen atoms in total. The highest BCUT2D eigenvalue weighted by molar-refractivity contribution is 6.30. The molecule has 1 aromatic carbocycles. The number of carbonyl (C=O) groups is 1. The number of benzene rings is 1. The van der Waals surface area contributed by atoms with Crippen LogP contribution in [0.3, 0.4) is 0 Å². The lowest BCUT2D eigenvalue weighted by Gasteiger charge is -2.10. The van der Waals surface area contributed by atoms with E-state index in [4.69, 9.17) is 26.2 Å². The van der Waals surface area contributed by atoms with Crippen LogP contribution in [-0.4, -0.2) is 30.3 Å². The molecule has 1 N–H and O–H groups in total. The van der Waals surface area contributed by atoms with Gasteiger partial charge in [0.15, 0.2) is 11.5 Å². The third-order valence-corrected chi connectivity index (χ3v) is 3.02. The number of rotatable bonds is 4. The van der Waals surface area contributed by atoms with Crippen molar-refractivity contribution in [3.63, 3.8) is 0 Å². The summed E-state index contributed by atoms with van der Waals surface area (Å²) in [6, 6.07) is 5.13. The van der Waals surface area contributed by atoms with Gasteiger partial charge in [-0.3, -0.25) is 4.79 Å². The summed E-state index contributed by atoms with van der Waals surface area (Å²) in [6.07, 6.45) is -0.171. The Balaban J connectivity index is 2.61. The number of nitrogens with zero attached hydrogens (tertiary/aromatic N) is 1. The fraction of sp³-hybridized carbons (Fsp3) is 0.231. The predicted octanol–water partition coefficient (Wildman–Crippen LogP) is 2.53. The summed E-state index contributed by atoms with van der Waals surface area (Å²) >= 11 is 5.97. The maximum absolute atomic E-state index is 10.7. The molecule has 0 saturated heterocycles. The summed E-state index contributed by atoms with van der Waals surface area (Å²) in [6.45, 7) is 0. The van der Waals surface area contributed by atoms with Crippen molar-refractivity contribution in [2.45, 2.75) is 6.42 Å². The first kappa shape index (κ1) is 13.4. The Bertz CT molecular complexity index is 642. The van der Waals surface area contributed by atoms with Gasteiger partial charge in [-0.2, -0.15) is 0 Å². The number of halogens is 1. The van der Waals surface area contributed by atoms with Crippen LogP contribution in [0.5, 0.6) is 11.5 Å². The molecule has 2 aromatic rings. The molecule has 0 aliphatic carbocycles. The predicted molar refractivity (Wildman–Crippen MR) is 71.2 cm³/mol. The maximum Gasteiger partial charge on any atom is 0.307 e. The van der Waals surface area contributed by atoms with E-state index in [1.807, 2.05) is 0 Å². The molecule has 0 fully saturated rings. The van der Waals surface area contributed by atoms with Crippen LogP contribution < -0.4 is 9.47 Å². The number of hydrogen-bond donors (Lipinski definition) is 1. The minimum absolute atomic E-state index is 0.171. The average Bonchev–Trinajstić information content (AvgIpc) is 2.37. The molecule has 0 bridgehead atoms. The van der Waals surface area contributed by atoms with Gasteiger partial charge in [0.05, 0.1) is 26.2 Å². The second-order valence-electron chi connectivity index (χ2n) is 3.91. The first-order valence-electron chi connectivity index (χ1n) is 5.48. The molecular formula is C13H12ClNO4. The Morgan fingerprint density at radius 1 is 1.26 bits per heavy atom. The standard InChI is InChI=1S/C13H12ClNO4/c1-18-10-4-7-3-8(5-12(16)17)13(14)15-9(7)6-11(10)19-2/h3-4,6H,5H2,1-2H3,(H,16,17). The monoisotopic (exact) mass is 281 g/mol. The van der Waals surface area contributed by atoms with Crippen molar-refractivity contribution in [1.29, 1.82) is 0 Å². The van der Waals surface area contributed by atoms with Crippen LogP contribution in [0.15, 0.2) is 18.2 Å². The van der Waals surface area contributed by atoms with E-state index in [0.717, 1.165) is 5.39 Å². The van der Waals surface area contributed by atoms with Crippen LogP contribution in [0.1, 0.15) is 5.56 Å². The number of ether oxygens (including phenoxy) is 2. The fourth-order valence-corrected chi connectivity index (χ4v) is 2.02. The number of fused-ring (bicyclic) bond motifs is 1. The van der Waals surface area contributed by atoms with E-state index in [1.165, 1.54) is 14.2 Å². The lowest BCUT2D eigenvalue weighted by molar-refractivity contribution is -0.136. The van der Waals surface area contributed by atoms with Gasteiger partial charge in [0.25, 0.3) is 0 Å². The third-order valence-electron chi connectivity index (χ3n) is 2.69. The summed E-state index contributed by atoms with van der Waals surface area (Å²) in [5, 5.41) is 9.75. The van der Waals surface area contributed by atoms with Crippen LogP contribution in [0.2, 0.25) is 5.15 Å². The van der Waals surface area contributed by atoms with Gasteiger partial charge in [-0.05, 0) is 12.1 Å². The van der Waals surface area contributed by atoms with E-state index in [-0.39, 0.29) is 11.6 Å². The summed E-state index contributed by atoms with van der Waals surface area (Å²) < 4.78 is 10.4. The molecule has 19 heavy (non-hydrogen) atoms. The Kier molecular flexibility index (Phi) is 3.76. The largest absolute Gasteiger partial charge is 0.493 e. The molecule has 0 amide bonds. The van der Waals surface area contributed by atoms with Crippen molar-refractivity contribution >= 4 is 28.5 Å². The number of pyridine rings is 1. The maximum atomic E-state index is 10.7. The number of carboxylic acid groups (broad SMARTS) is 1. The van der Waals surface area contributed by atoms with Gasteiger partial charge in [-0.15, -0.1) is 0 Å². The topological polar surface area (TPSA) is 68.7 Å². The number of aliphatic carboxylic acids is 1. The van der Waals surface area contributed by atoms with Crippen molar-refractivity contribution in [2.24, 2.45) is 0 Å². The van der Waals surface area contributed by atoms with Crippen LogP contribution in [0.4, 0.5) is 0 Å². The highest BCUT2D eigenvalue weighted by Crippen LogP contribution is 2.33. The first-order valence-corrected chi connectivity index (χ1v) is 5.86. The van der Waals surface area contributed by atoms with Crippen LogP contribution in [0, 0.1) is 0 Å². The van der Waals surface area contributed by atoms with Gasteiger partial charge in [-0.25, -0.2) is 4.98 Å². The van der Waals surface area contributed by atoms with E-state index in [2.05, 4.69) is 4.98 Å². The SMILES string of the molecule is COc1cc2cc(CC(=O)O)c(Cl)nc2cc1OC. The summed E-state index contributed by atoms with van der Waals surface area (Å²) in [4.78, 5) is 14.9. The summed E-state index contributed by atoms with van der Waals surface area (Å²) in [5.74, 6) is 0.147. The lowest BCUT2D eigenvalue weighted by Crippen LogP contribution is -2.02. The number of aromatic nitrogens is 1. The van der Waals surface area contributed by atoms with Crippen LogP contribution >= 0.6 is 11.6 Å². The lowest BCUT2D eigenvalue weighted by atomic mass is 10.1. The van der Waals surface area contributed by atoms with Crippen molar-refractivity contribution in [3.05, 3.63) is 28.9 Å². The minimum Gasteiger partial charge on any atom is -0.493 e. The molecule has 0 atom stereocenters. The summed E-state index contributed by atoms with van der Waals surface area (Å²) in [7, 11) is 3.06. The van der Waals surface area contributed by atoms with Gasteiger partial charge >= 0.3 is 5.97 Å². The van der Waals surface area contributed by atoms with Crippen LogP contribution in [-0.2, 0) is 11.2 Å². The van der Waals surface area contributed by atoms with E-state index in [0.29, 0.717) is 22.6 Å². The third kappa shape index (κ3) is 2.71. The molecule has 0 aliphatic heterocycles. The molecule has 1 heterocycles. The molecule has 0 aliphatic rings. The zero-order valence-electron chi connectivity index (χ0n) is 10.4. The molecule has 6 heteroatoms. The molecule has 100 valence electrons. The number of methoxy groups -OCH3 is 2. The van der Waals surface area contributed by atoms with Crippen molar-refractivity contribution < 1.29 is 19.4 Å². The highest BCUT2D eigenvalue weighted by Gasteiger charge is 2.12. The Morgan fingerprint density at radius 3 is 2.47 bits per heavy atom. The molecular weight excluding hydrogens is 270 g/mol. The molecule has 0 spiro atoms. The molecule has 2 rings (SSSR count). The Labute approximate surface area is 114 Å². The van der Waals surface area contributed by atoms with Gasteiger partial charge in [-0.1, -0.05) is 11.6 Å². The van der Waals surface area contributed by atoms with E-state index >= 15 is 0 Å². The van der Waals surface area contributed by atoms with E-state index in [1.54, 1.807) is 18.2 Å². The highest BCUT2D eigenvalue weighted by atomic mass is 35.5. The van der Waals surface area contributed by atoms with Crippen molar-refractivity contribution in [1.82, 2.24) is 4.98 Å². The van der Waals surface area contributed by atoms with Crippen molar-refractivity contribution in [3.8, 4) is 11.5 Å². The molecule has 1 aromatic heterocycles. The van der Waals surface area contributed by atoms with Gasteiger partial charge in [0, 0.05) is 17.0 Å². The normalized spacial score (nSPS) is 10.5. The number of carboxylic acids is 1. The molecule has 0 radical (unpaired) electrons. The van der Waals surface area contributed by atoms with Crippen molar-refractivity contribution in [2.75, 3.05) is 14.2 Å². The molecule has 0 saturated carbocycles. The second-order valence-corrected chi connectivity index (χ2v) is 4.27. The van der Waals surface area contributed by atoms with Gasteiger partial charge < -0.3 is 14.6 Å². The van der Waals surface area contributed by atoms with Gasteiger partial charge in [0.1, 0.15) is 5.15 Å². The Morgan fingerprint density at radius 2 is 1.89 bits per heavy atom. The second kappa shape index (κ2) is 5.32. The smallest absolute Gasteiger partial charge is 0.307 e. The van der Waals surface area contributed by atoms with E-state index in [9.17, 15) is 4.79 Å². The Hall–Kier alpha value is -2.01.